The van der Waals surface area contributed by atoms with E-state index >= 15 is 0 Å². The fourth-order valence-corrected chi connectivity index (χ4v) is 1.61. The Bertz CT molecular complexity index is 470. The van der Waals surface area contributed by atoms with E-state index < -0.39 is 4.92 Å². The highest BCUT2D eigenvalue weighted by Crippen LogP contribution is 2.12. The Hall–Kier alpha value is -1.46. The Morgan fingerprint density at radius 3 is 2.09 bits per heavy atom. The van der Waals surface area contributed by atoms with Gasteiger partial charge >= 0.3 is 0 Å². The van der Waals surface area contributed by atoms with E-state index in [4.69, 9.17) is 9.47 Å². The highest BCUT2D eigenvalue weighted by molar-refractivity contribution is 14.0. The molecule has 0 aliphatic heterocycles. The van der Waals surface area contributed by atoms with E-state index in [1.807, 2.05) is 0 Å². The van der Waals surface area contributed by atoms with Gasteiger partial charge in [0.25, 0.3) is 5.69 Å². The Kier molecular flexibility index (Phi) is 12.2. The maximum atomic E-state index is 10.6. The number of hydrogen-bond acceptors (Lipinski definition) is 5. The molecule has 0 saturated carbocycles. The second kappa shape index (κ2) is 13.0. The highest BCUT2D eigenvalue weighted by atomic mass is 127. The van der Waals surface area contributed by atoms with E-state index in [1.54, 1.807) is 26.4 Å². The lowest BCUT2D eigenvalue weighted by molar-refractivity contribution is -0.384. The monoisotopic (exact) mass is 438 g/mol. The van der Waals surface area contributed by atoms with Crippen molar-refractivity contribution in [2.75, 3.05) is 40.5 Å². The first-order valence-corrected chi connectivity index (χ1v) is 6.90. The van der Waals surface area contributed by atoms with Crippen molar-refractivity contribution >= 4 is 35.6 Å². The molecule has 0 bridgehead atoms. The van der Waals surface area contributed by atoms with E-state index in [2.05, 4.69) is 15.6 Å². The van der Waals surface area contributed by atoms with Crippen LogP contribution in [0.15, 0.2) is 29.3 Å². The minimum absolute atomic E-state index is 0. The summed E-state index contributed by atoms with van der Waals surface area (Å²) in [6.45, 7) is 2.84. The molecular formula is C14H23IN4O4. The molecule has 1 aromatic carbocycles. The van der Waals surface area contributed by atoms with Crippen LogP contribution in [0.25, 0.3) is 0 Å². The number of ether oxygens (including phenoxy) is 2. The summed E-state index contributed by atoms with van der Waals surface area (Å²) in [6, 6.07) is 6.34. The summed E-state index contributed by atoms with van der Waals surface area (Å²) in [5, 5.41) is 16.9. The van der Waals surface area contributed by atoms with Crippen molar-refractivity contribution < 1.29 is 14.4 Å². The van der Waals surface area contributed by atoms with Crippen LogP contribution in [0.3, 0.4) is 0 Å². The van der Waals surface area contributed by atoms with Crippen LogP contribution >= 0.6 is 24.0 Å². The number of non-ortho nitro benzene ring substituents is 1. The molecule has 130 valence electrons. The number of benzene rings is 1. The van der Waals surface area contributed by atoms with Crippen molar-refractivity contribution in [1.29, 1.82) is 0 Å². The fraction of sp³-hybridized carbons (Fsp3) is 0.500. The zero-order valence-electron chi connectivity index (χ0n) is 13.3. The smallest absolute Gasteiger partial charge is 0.269 e. The van der Waals surface area contributed by atoms with E-state index in [-0.39, 0.29) is 29.7 Å². The van der Waals surface area contributed by atoms with Crippen molar-refractivity contribution in [2.45, 2.75) is 6.54 Å². The van der Waals surface area contributed by atoms with E-state index in [1.165, 1.54) is 12.1 Å². The quantitative estimate of drug-likeness (QED) is 0.152. The molecule has 8 nitrogen and oxygen atoms in total. The van der Waals surface area contributed by atoms with E-state index in [0.29, 0.717) is 38.8 Å². The second-order valence-corrected chi connectivity index (χ2v) is 4.43. The molecule has 23 heavy (non-hydrogen) atoms. The molecule has 0 aliphatic rings. The van der Waals surface area contributed by atoms with Crippen LogP contribution in [0.1, 0.15) is 5.56 Å². The van der Waals surface area contributed by atoms with Crippen LogP contribution < -0.4 is 10.6 Å². The predicted molar refractivity (Wildman–Crippen MR) is 99.4 cm³/mol. The lowest BCUT2D eigenvalue weighted by atomic mass is 10.2. The number of nitro groups is 1. The summed E-state index contributed by atoms with van der Waals surface area (Å²) >= 11 is 0. The standard InChI is InChI=1S/C14H22N4O4.HI/c1-21-9-7-15-14(16-8-10-22-2)17-11-12-3-5-13(6-4-12)18(19)20;/h3-6H,7-11H2,1-2H3,(H2,15,16,17);1H. The summed E-state index contributed by atoms with van der Waals surface area (Å²) < 4.78 is 9.96. The zero-order chi connectivity index (χ0) is 16.2. The predicted octanol–water partition coefficient (Wildman–Crippen LogP) is 1.54. The maximum Gasteiger partial charge on any atom is 0.269 e. The minimum Gasteiger partial charge on any atom is -0.383 e. The third-order valence-corrected chi connectivity index (χ3v) is 2.76. The number of hydrogen-bond donors (Lipinski definition) is 2. The Balaban J connectivity index is 0.00000484. The van der Waals surface area contributed by atoms with Gasteiger partial charge in [-0.2, -0.15) is 0 Å². The van der Waals surface area contributed by atoms with Gasteiger partial charge in [-0.05, 0) is 5.56 Å². The second-order valence-electron chi connectivity index (χ2n) is 4.43. The molecular weight excluding hydrogens is 415 g/mol. The van der Waals surface area contributed by atoms with Gasteiger partial charge in [0.1, 0.15) is 0 Å². The molecule has 0 aliphatic carbocycles. The average Bonchev–Trinajstić information content (AvgIpc) is 2.53. The number of guanidine groups is 1. The molecule has 0 saturated heterocycles. The average molecular weight is 438 g/mol. The van der Waals surface area contributed by atoms with Gasteiger partial charge < -0.3 is 20.1 Å². The van der Waals surface area contributed by atoms with Crippen LogP contribution in [0, 0.1) is 10.1 Å². The van der Waals surface area contributed by atoms with Gasteiger partial charge in [0.05, 0.1) is 24.7 Å². The van der Waals surface area contributed by atoms with Crippen molar-refractivity contribution in [3.63, 3.8) is 0 Å². The number of aliphatic imine (C=N–C) groups is 1. The number of nitrogens with zero attached hydrogens (tertiary/aromatic N) is 2. The van der Waals surface area contributed by atoms with Crippen LogP contribution in [0.2, 0.25) is 0 Å². The van der Waals surface area contributed by atoms with Gasteiger partial charge in [0, 0.05) is 39.4 Å². The Labute approximate surface area is 152 Å². The summed E-state index contributed by atoms with van der Waals surface area (Å²) in [5.41, 5.74) is 0.967. The fourth-order valence-electron chi connectivity index (χ4n) is 1.61. The van der Waals surface area contributed by atoms with Crippen LogP contribution in [0.4, 0.5) is 5.69 Å². The van der Waals surface area contributed by atoms with Gasteiger partial charge in [-0.1, -0.05) is 12.1 Å². The minimum atomic E-state index is -0.420. The first-order chi connectivity index (χ1) is 10.7. The van der Waals surface area contributed by atoms with Gasteiger partial charge in [-0.15, -0.1) is 24.0 Å². The lowest BCUT2D eigenvalue weighted by Crippen LogP contribution is -2.40. The Morgan fingerprint density at radius 1 is 1.13 bits per heavy atom. The van der Waals surface area contributed by atoms with Crippen LogP contribution in [-0.4, -0.2) is 51.4 Å². The number of rotatable bonds is 9. The normalized spacial score (nSPS) is 9.65. The third kappa shape index (κ3) is 9.31. The third-order valence-electron chi connectivity index (χ3n) is 2.76. The van der Waals surface area contributed by atoms with Crippen molar-refractivity contribution in [3.8, 4) is 0 Å². The summed E-state index contributed by atoms with van der Waals surface area (Å²) in [5.74, 6) is 0.646. The first kappa shape index (κ1) is 21.5. The number of nitro benzene ring substituents is 1. The van der Waals surface area contributed by atoms with Gasteiger partial charge in [-0.3, -0.25) is 10.1 Å². The lowest BCUT2D eigenvalue weighted by Gasteiger charge is -2.12. The molecule has 1 rings (SSSR count). The van der Waals surface area contributed by atoms with Crippen molar-refractivity contribution in [3.05, 3.63) is 39.9 Å². The van der Waals surface area contributed by atoms with Crippen molar-refractivity contribution in [1.82, 2.24) is 10.6 Å². The SMILES string of the molecule is COCCNC(=NCc1ccc([N+](=O)[O-])cc1)NCCOC.I. The zero-order valence-corrected chi connectivity index (χ0v) is 15.6. The molecule has 0 radical (unpaired) electrons. The molecule has 9 heteroatoms. The number of halogens is 1. The van der Waals surface area contributed by atoms with E-state index in [0.717, 1.165) is 5.56 Å². The molecule has 0 atom stereocenters. The molecule has 1 aromatic rings. The molecule has 2 N–H and O–H groups in total. The topological polar surface area (TPSA) is 98.0 Å². The molecule has 0 unspecified atom stereocenters. The van der Waals surface area contributed by atoms with Gasteiger partial charge in [0.2, 0.25) is 0 Å². The molecule has 0 amide bonds. The van der Waals surface area contributed by atoms with E-state index in [9.17, 15) is 10.1 Å². The molecule has 0 fully saturated rings. The summed E-state index contributed by atoms with van der Waals surface area (Å²) in [7, 11) is 3.27. The Morgan fingerprint density at radius 2 is 1.65 bits per heavy atom. The summed E-state index contributed by atoms with van der Waals surface area (Å²) in [6.07, 6.45) is 0. The highest BCUT2D eigenvalue weighted by Gasteiger charge is 2.04. The largest absolute Gasteiger partial charge is 0.383 e. The maximum absolute atomic E-state index is 10.6. The van der Waals surface area contributed by atoms with Crippen molar-refractivity contribution in [2.24, 2.45) is 4.99 Å². The molecule has 0 aromatic heterocycles. The molecule has 0 spiro atoms. The van der Waals surface area contributed by atoms with Gasteiger partial charge in [0.15, 0.2) is 5.96 Å². The van der Waals surface area contributed by atoms with Crippen LogP contribution in [-0.2, 0) is 16.0 Å². The summed E-state index contributed by atoms with van der Waals surface area (Å²) in [4.78, 5) is 14.6. The number of methoxy groups -OCH3 is 2. The van der Waals surface area contributed by atoms with Gasteiger partial charge in [-0.25, -0.2) is 4.99 Å². The number of nitrogens with one attached hydrogen (secondary N) is 2. The van der Waals surface area contributed by atoms with Crippen LogP contribution in [0.5, 0.6) is 0 Å². The molecule has 0 heterocycles. The first-order valence-electron chi connectivity index (χ1n) is 6.90.